The number of hydrogen-bond acceptors (Lipinski definition) is 4. The largest absolute Gasteiger partial charge is 0.462 e. The van der Waals surface area contributed by atoms with Gasteiger partial charge in [-0.2, -0.15) is 0 Å². The molecule has 0 unspecified atom stereocenters. The van der Waals surface area contributed by atoms with Gasteiger partial charge in [0, 0.05) is 17.9 Å². The second-order valence-corrected chi connectivity index (χ2v) is 5.31. The monoisotopic (exact) mass is 288 g/mol. The maximum Gasteiger partial charge on any atom is 0.340 e. The number of nitrogen functional groups attached to an aromatic ring is 1. The Morgan fingerprint density at radius 3 is 2.95 bits per heavy atom. The molecule has 1 aliphatic rings. The first-order chi connectivity index (χ1) is 10.2. The Hall–Kier alpha value is -1.97. The smallest absolute Gasteiger partial charge is 0.340 e. The van der Waals surface area contributed by atoms with Crippen LogP contribution >= 0.6 is 0 Å². The number of anilines is 2. The van der Waals surface area contributed by atoms with Gasteiger partial charge < -0.3 is 15.8 Å². The van der Waals surface area contributed by atoms with E-state index >= 15 is 0 Å². The number of ether oxygens (including phenoxy) is 1. The molecule has 0 heterocycles. The molecule has 3 N–H and O–H groups in total. The molecular weight excluding hydrogens is 264 g/mol. The highest BCUT2D eigenvalue weighted by Crippen LogP contribution is 2.22. The van der Waals surface area contributed by atoms with Gasteiger partial charge >= 0.3 is 5.97 Å². The van der Waals surface area contributed by atoms with Crippen molar-refractivity contribution in [2.75, 3.05) is 24.2 Å². The lowest BCUT2D eigenvalue weighted by molar-refractivity contribution is 0.0527. The molecule has 0 spiro atoms. The maximum atomic E-state index is 12.0. The van der Waals surface area contributed by atoms with Crippen molar-refractivity contribution in [3.8, 4) is 0 Å². The maximum absolute atomic E-state index is 12.0. The highest BCUT2D eigenvalue weighted by molar-refractivity contribution is 5.96. The Kier molecular flexibility index (Phi) is 5.67. The fourth-order valence-corrected chi connectivity index (χ4v) is 2.58. The van der Waals surface area contributed by atoms with Crippen LogP contribution in [0.4, 0.5) is 11.4 Å². The number of nitrogens with one attached hydrogen (secondary N) is 1. The Morgan fingerprint density at radius 1 is 1.38 bits per heavy atom. The fraction of sp³-hybridized carbons (Fsp3) is 0.471. The third-order valence-corrected chi connectivity index (χ3v) is 3.69. The van der Waals surface area contributed by atoms with E-state index in [9.17, 15) is 4.79 Å². The first-order valence-electron chi connectivity index (χ1n) is 7.69. The molecule has 0 saturated carbocycles. The Balaban J connectivity index is 1.98. The van der Waals surface area contributed by atoms with Crippen molar-refractivity contribution in [2.45, 2.75) is 39.0 Å². The van der Waals surface area contributed by atoms with E-state index in [1.807, 2.05) is 6.07 Å². The van der Waals surface area contributed by atoms with Gasteiger partial charge in [-0.25, -0.2) is 4.79 Å². The summed E-state index contributed by atoms with van der Waals surface area (Å²) in [6.07, 6.45) is 8.37. The zero-order chi connectivity index (χ0) is 15.1. The summed E-state index contributed by atoms with van der Waals surface area (Å²) < 4.78 is 5.07. The predicted molar refractivity (Wildman–Crippen MR) is 86.5 cm³/mol. The van der Waals surface area contributed by atoms with E-state index in [0.717, 1.165) is 18.7 Å². The zero-order valence-electron chi connectivity index (χ0n) is 12.7. The van der Waals surface area contributed by atoms with Crippen LogP contribution in [0.2, 0.25) is 0 Å². The van der Waals surface area contributed by atoms with E-state index in [4.69, 9.17) is 10.5 Å². The van der Waals surface area contributed by atoms with Gasteiger partial charge in [0.2, 0.25) is 0 Å². The first kappa shape index (κ1) is 15.4. The lowest BCUT2D eigenvalue weighted by Gasteiger charge is -2.15. The van der Waals surface area contributed by atoms with Crippen molar-refractivity contribution in [1.29, 1.82) is 0 Å². The molecule has 0 aliphatic heterocycles. The zero-order valence-corrected chi connectivity index (χ0v) is 12.7. The molecule has 0 atom stereocenters. The average molecular weight is 288 g/mol. The number of carbonyl (C=O) groups excluding carboxylic acids is 1. The minimum atomic E-state index is -0.329. The SMILES string of the molecule is CCOC(=O)c1cc(N)ccc1NCCC1=CCCCC1. The van der Waals surface area contributed by atoms with E-state index in [1.165, 1.54) is 31.3 Å². The molecule has 0 amide bonds. The second kappa shape index (κ2) is 7.72. The first-order valence-corrected chi connectivity index (χ1v) is 7.69. The summed E-state index contributed by atoms with van der Waals surface area (Å²) in [5.74, 6) is -0.329. The topological polar surface area (TPSA) is 64.3 Å². The van der Waals surface area contributed by atoms with E-state index in [1.54, 1.807) is 19.1 Å². The summed E-state index contributed by atoms with van der Waals surface area (Å²) in [5.41, 5.74) is 9.15. The molecule has 0 aromatic heterocycles. The van der Waals surface area contributed by atoms with E-state index in [0.29, 0.717) is 17.9 Å². The Morgan fingerprint density at radius 2 is 2.24 bits per heavy atom. The van der Waals surface area contributed by atoms with Crippen LogP contribution in [-0.2, 0) is 4.74 Å². The molecule has 2 rings (SSSR count). The highest BCUT2D eigenvalue weighted by Gasteiger charge is 2.13. The minimum absolute atomic E-state index is 0.329. The van der Waals surface area contributed by atoms with Gasteiger partial charge in [-0.3, -0.25) is 0 Å². The van der Waals surface area contributed by atoms with Crippen molar-refractivity contribution >= 4 is 17.3 Å². The number of rotatable bonds is 6. The Bertz CT molecular complexity index is 524. The minimum Gasteiger partial charge on any atom is -0.462 e. The van der Waals surface area contributed by atoms with Gasteiger partial charge in [0.1, 0.15) is 0 Å². The number of allylic oxidation sites excluding steroid dienone is 1. The lowest BCUT2D eigenvalue weighted by Crippen LogP contribution is -2.12. The van der Waals surface area contributed by atoms with E-state index in [2.05, 4.69) is 11.4 Å². The van der Waals surface area contributed by atoms with Gasteiger partial charge in [0.05, 0.1) is 12.2 Å². The van der Waals surface area contributed by atoms with Crippen LogP contribution in [0.3, 0.4) is 0 Å². The van der Waals surface area contributed by atoms with Crippen LogP contribution in [0.15, 0.2) is 29.8 Å². The van der Waals surface area contributed by atoms with Crippen LogP contribution < -0.4 is 11.1 Å². The molecule has 0 radical (unpaired) electrons. The van der Waals surface area contributed by atoms with Crippen LogP contribution in [-0.4, -0.2) is 19.1 Å². The molecule has 0 saturated heterocycles. The predicted octanol–water partition coefficient (Wildman–Crippen LogP) is 3.75. The lowest BCUT2D eigenvalue weighted by atomic mass is 9.97. The standard InChI is InChI=1S/C17H24N2O2/c1-2-21-17(20)15-12-14(18)8-9-16(15)19-11-10-13-6-4-3-5-7-13/h6,8-9,12,19H,2-5,7,10-11,18H2,1H3. The molecule has 1 aliphatic carbocycles. The second-order valence-electron chi connectivity index (χ2n) is 5.31. The number of esters is 1. The number of benzene rings is 1. The summed E-state index contributed by atoms with van der Waals surface area (Å²) in [7, 11) is 0. The third-order valence-electron chi connectivity index (χ3n) is 3.69. The summed E-state index contributed by atoms with van der Waals surface area (Å²) in [4.78, 5) is 12.0. The van der Waals surface area contributed by atoms with Crippen LogP contribution in [0.1, 0.15) is 49.4 Å². The van der Waals surface area contributed by atoms with Crippen molar-refractivity contribution in [1.82, 2.24) is 0 Å². The summed E-state index contributed by atoms with van der Waals surface area (Å²) in [6, 6.07) is 5.31. The third kappa shape index (κ3) is 4.52. The summed E-state index contributed by atoms with van der Waals surface area (Å²) >= 11 is 0. The van der Waals surface area contributed by atoms with Crippen LogP contribution in [0, 0.1) is 0 Å². The van der Waals surface area contributed by atoms with E-state index in [-0.39, 0.29) is 5.97 Å². The molecule has 4 nitrogen and oxygen atoms in total. The van der Waals surface area contributed by atoms with Crippen LogP contribution in [0.25, 0.3) is 0 Å². The number of nitrogens with two attached hydrogens (primary N) is 1. The van der Waals surface area contributed by atoms with Crippen molar-refractivity contribution in [3.63, 3.8) is 0 Å². The Labute approximate surface area is 126 Å². The molecule has 1 aromatic carbocycles. The molecular formula is C17H24N2O2. The summed E-state index contributed by atoms with van der Waals surface area (Å²) in [5, 5.41) is 3.33. The highest BCUT2D eigenvalue weighted by atomic mass is 16.5. The van der Waals surface area contributed by atoms with Gasteiger partial charge in [0.15, 0.2) is 0 Å². The molecule has 1 aromatic rings. The van der Waals surface area contributed by atoms with Crippen molar-refractivity contribution in [2.24, 2.45) is 0 Å². The van der Waals surface area contributed by atoms with Crippen molar-refractivity contribution in [3.05, 3.63) is 35.4 Å². The molecule has 21 heavy (non-hydrogen) atoms. The van der Waals surface area contributed by atoms with Gasteiger partial charge in [0.25, 0.3) is 0 Å². The molecule has 114 valence electrons. The molecule has 0 fully saturated rings. The van der Waals surface area contributed by atoms with Gasteiger partial charge in [-0.1, -0.05) is 11.6 Å². The van der Waals surface area contributed by atoms with Crippen molar-refractivity contribution < 1.29 is 9.53 Å². The normalized spacial score (nSPS) is 14.4. The quantitative estimate of drug-likeness (QED) is 0.475. The average Bonchev–Trinajstić information content (AvgIpc) is 2.50. The summed E-state index contributed by atoms with van der Waals surface area (Å²) in [6.45, 7) is 2.98. The number of hydrogen-bond donors (Lipinski definition) is 2. The van der Waals surface area contributed by atoms with Gasteiger partial charge in [-0.15, -0.1) is 0 Å². The van der Waals surface area contributed by atoms with Gasteiger partial charge in [-0.05, 0) is 57.2 Å². The molecule has 4 heteroatoms. The van der Waals surface area contributed by atoms with Crippen LogP contribution in [0.5, 0.6) is 0 Å². The fourth-order valence-electron chi connectivity index (χ4n) is 2.58. The molecule has 0 bridgehead atoms. The van der Waals surface area contributed by atoms with E-state index < -0.39 is 0 Å². The number of carbonyl (C=O) groups is 1.